The van der Waals surface area contributed by atoms with Gasteiger partial charge < -0.3 is 9.67 Å². The minimum Gasteiger partial charge on any atom is -0.389 e. The van der Waals surface area contributed by atoms with Crippen LogP contribution in [0.3, 0.4) is 0 Å². The highest BCUT2D eigenvalue weighted by atomic mass is 16.3. The fourth-order valence-electron chi connectivity index (χ4n) is 1.41. The number of rotatable bonds is 4. The van der Waals surface area contributed by atoms with Gasteiger partial charge in [-0.1, -0.05) is 0 Å². The van der Waals surface area contributed by atoms with Crippen LogP contribution in [0.4, 0.5) is 0 Å². The largest absolute Gasteiger partial charge is 0.389 e. The lowest BCUT2D eigenvalue weighted by Crippen LogP contribution is -2.36. The third kappa shape index (κ3) is 3.43. The van der Waals surface area contributed by atoms with E-state index in [1.807, 2.05) is 23.6 Å². The van der Waals surface area contributed by atoms with Gasteiger partial charge in [0.25, 0.3) is 0 Å². The highest BCUT2D eigenvalue weighted by molar-refractivity contribution is 4.84. The maximum absolute atomic E-state index is 9.60. The second kappa shape index (κ2) is 4.06. The molecule has 1 rings (SSSR count). The predicted octanol–water partition coefficient (Wildman–Crippen LogP) is 0.0178. The van der Waals surface area contributed by atoms with Crippen molar-refractivity contribution in [1.82, 2.24) is 19.7 Å². The van der Waals surface area contributed by atoms with Crippen molar-refractivity contribution >= 4 is 0 Å². The summed E-state index contributed by atoms with van der Waals surface area (Å²) in [4.78, 5) is 2.02. The molecule has 0 spiro atoms. The molecule has 1 N–H and O–H groups in total. The quantitative estimate of drug-likeness (QED) is 0.741. The zero-order chi connectivity index (χ0) is 10.8. The van der Waals surface area contributed by atoms with Gasteiger partial charge in [-0.2, -0.15) is 0 Å². The molecule has 5 nitrogen and oxygen atoms in total. The van der Waals surface area contributed by atoms with E-state index in [2.05, 4.69) is 10.2 Å². The third-order valence-corrected chi connectivity index (χ3v) is 1.87. The Morgan fingerprint density at radius 3 is 2.64 bits per heavy atom. The number of aliphatic hydroxyl groups is 1. The van der Waals surface area contributed by atoms with E-state index in [0.717, 1.165) is 5.82 Å². The molecule has 0 aliphatic carbocycles. The van der Waals surface area contributed by atoms with Gasteiger partial charge in [0.15, 0.2) is 0 Å². The van der Waals surface area contributed by atoms with Crippen LogP contribution in [0.25, 0.3) is 0 Å². The molecule has 1 aromatic rings. The summed E-state index contributed by atoms with van der Waals surface area (Å²) >= 11 is 0. The molecule has 14 heavy (non-hydrogen) atoms. The second-order valence-corrected chi connectivity index (χ2v) is 4.34. The van der Waals surface area contributed by atoms with Crippen LogP contribution >= 0.6 is 0 Å². The van der Waals surface area contributed by atoms with Crippen LogP contribution in [0.5, 0.6) is 0 Å². The Kier molecular flexibility index (Phi) is 3.23. The van der Waals surface area contributed by atoms with Crippen LogP contribution in [-0.4, -0.2) is 44.0 Å². The molecule has 0 saturated heterocycles. The van der Waals surface area contributed by atoms with E-state index in [9.17, 15) is 5.11 Å². The van der Waals surface area contributed by atoms with Crippen molar-refractivity contribution < 1.29 is 5.11 Å². The number of aryl methyl sites for hydroxylation is 1. The van der Waals surface area contributed by atoms with Gasteiger partial charge in [0.05, 0.1) is 12.1 Å². The van der Waals surface area contributed by atoms with Crippen molar-refractivity contribution in [2.24, 2.45) is 7.05 Å². The van der Waals surface area contributed by atoms with Crippen molar-refractivity contribution in [3.63, 3.8) is 0 Å². The highest BCUT2D eigenvalue weighted by Gasteiger charge is 2.16. The zero-order valence-corrected chi connectivity index (χ0v) is 9.23. The minimum absolute atomic E-state index is 0.611. The molecule has 0 aliphatic heterocycles. The molecular formula is C9H18N4O. The molecule has 0 bridgehead atoms. The van der Waals surface area contributed by atoms with E-state index in [-0.39, 0.29) is 0 Å². The maximum atomic E-state index is 9.60. The molecule has 0 saturated carbocycles. The van der Waals surface area contributed by atoms with Crippen molar-refractivity contribution in [3.05, 3.63) is 12.2 Å². The van der Waals surface area contributed by atoms with Crippen LogP contribution in [0.2, 0.25) is 0 Å². The van der Waals surface area contributed by atoms with Gasteiger partial charge in [0, 0.05) is 13.6 Å². The zero-order valence-electron chi connectivity index (χ0n) is 9.23. The molecule has 0 fully saturated rings. The Morgan fingerprint density at radius 1 is 1.57 bits per heavy atom. The fraction of sp³-hybridized carbons (Fsp3) is 0.778. The SMILES string of the molecule is CN(Cc1nncn1C)CC(C)(C)O. The molecule has 0 aliphatic rings. The first-order valence-electron chi connectivity index (χ1n) is 4.62. The van der Waals surface area contributed by atoms with Crippen LogP contribution in [0, 0.1) is 0 Å². The lowest BCUT2D eigenvalue weighted by molar-refractivity contribution is 0.0415. The molecule has 0 amide bonds. The van der Waals surface area contributed by atoms with Gasteiger partial charge in [0.1, 0.15) is 12.2 Å². The summed E-state index contributed by atoms with van der Waals surface area (Å²) in [7, 11) is 3.86. The molecular weight excluding hydrogens is 180 g/mol. The second-order valence-electron chi connectivity index (χ2n) is 4.34. The topological polar surface area (TPSA) is 54.2 Å². The normalized spacial score (nSPS) is 12.4. The lowest BCUT2D eigenvalue weighted by Gasteiger charge is -2.24. The third-order valence-electron chi connectivity index (χ3n) is 1.87. The molecule has 1 heterocycles. The average molecular weight is 198 g/mol. The first kappa shape index (κ1) is 11.1. The van der Waals surface area contributed by atoms with Gasteiger partial charge in [-0.3, -0.25) is 4.90 Å². The van der Waals surface area contributed by atoms with E-state index < -0.39 is 5.60 Å². The molecule has 0 aromatic carbocycles. The van der Waals surface area contributed by atoms with Gasteiger partial charge in [0.2, 0.25) is 0 Å². The van der Waals surface area contributed by atoms with E-state index in [0.29, 0.717) is 13.1 Å². The van der Waals surface area contributed by atoms with Crippen LogP contribution in [-0.2, 0) is 13.6 Å². The summed E-state index contributed by atoms with van der Waals surface area (Å²) in [5.74, 6) is 0.900. The summed E-state index contributed by atoms with van der Waals surface area (Å²) in [5.41, 5.74) is -0.673. The Balaban J connectivity index is 2.50. The Morgan fingerprint density at radius 2 is 2.21 bits per heavy atom. The summed E-state index contributed by atoms with van der Waals surface area (Å²) in [5, 5.41) is 17.4. The number of hydrogen-bond donors (Lipinski definition) is 1. The van der Waals surface area contributed by atoms with Crippen LogP contribution in [0.15, 0.2) is 6.33 Å². The monoisotopic (exact) mass is 198 g/mol. The van der Waals surface area contributed by atoms with Gasteiger partial charge in [-0.15, -0.1) is 10.2 Å². The predicted molar refractivity (Wildman–Crippen MR) is 53.6 cm³/mol. The van der Waals surface area contributed by atoms with Crippen molar-refractivity contribution in [2.75, 3.05) is 13.6 Å². The van der Waals surface area contributed by atoms with Gasteiger partial charge in [-0.25, -0.2) is 0 Å². The molecule has 5 heteroatoms. The van der Waals surface area contributed by atoms with E-state index in [1.54, 1.807) is 20.2 Å². The van der Waals surface area contributed by atoms with E-state index in [4.69, 9.17) is 0 Å². The maximum Gasteiger partial charge on any atom is 0.146 e. The average Bonchev–Trinajstić information content (AvgIpc) is 2.32. The molecule has 80 valence electrons. The lowest BCUT2D eigenvalue weighted by atomic mass is 10.1. The van der Waals surface area contributed by atoms with Crippen molar-refractivity contribution in [3.8, 4) is 0 Å². The number of hydrogen-bond acceptors (Lipinski definition) is 4. The highest BCUT2D eigenvalue weighted by Crippen LogP contribution is 2.05. The van der Waals surface area contributed by atoms with Crippen molar-refractivity contribution in [1.29, 1.82) is 0 Å². The van der Waals surface area contributed by atoms with E-state index >= 15 is 0 Å². The minimum atomic E-state index is -0.673. The van der Waals surface area contributed by atoms with Crippen LogP contribution in [0.1, 0.15) is 19.7 Å². The number of nitrogens with zero attached hydrogens (tertiary/aromatic N) is 4. The summed E-state index contributed by atoms with van der Waals surface area (Å²) in [6, 6.07) is 0. The molecule has 0 radical (unpaired) electrons. The standard InChI is InChI=1S/C9H18N4O/c1-9(2,14)6-12(3)5-8-11-10-7-13(8)4/h7,14H,5-6H2,1-4H3. The molecule has 0 unspecified atom stereocenters. The van der Waals surface area contributed by atoms with Crippen molar-refractivity contribution in [2.45, 2.75) is 26.0 Å². The first-order chi connectivity index (χ1) is 6.38. The summed E-state index contributed by atoms with van der Waals surface area (Å²) in [6.07, 6.45) is 1.67. The Labute approximate surface area is 84.4 Å². The Bertz CT molecular complexity index is 289. The summed E-state index contributed by atoms with van der Waals surface area (Å²) in [6.45, 7) is 4.89. The van der Waals surface area contributed by atoms with E-state index in [1.165, 1.54) is 0 Å². The van der Waals surface area contributed by atoms with Crippen LogP contribution < -0.4 is 0 Å². The number of aromatic nitrogens is 3. The Hall–Kier alpha value is -0.940. The van der Waals surface area contributed by atoms with Gasteiger partial charge >= 0.3 is 0 Å². The summed E-state index contributed by atoms with van der Waals surface area (Å²) < 4.78 is 1.88. The van der Waals surface area contributed by atoms with Gasteiger partial charge in [-0.05, 0) is 20.9 Å². The molecule has 1 aromatic heterocycles. The fourth-order valence-corrected chi connectivity index (χ4v) is 1.41. The number of likely N-dealkylation sites (N-methyl/N-ethyl adjacent to an activating group) is 1. The molecule has 0 atom stereocenters. The smallest absolute Gasteiger partial charge is 0.146 e. The first-order valence-corrected chi connectivity index (χ1v) is 4.62.